The summed E-state index contributed by atoms with van der Waals surface area (Å²) in [5.41, 5.74) is 0. The fourth-order valence-corrected chi connectivity index (χ4v) is 3.70. The Kier molecular flexibility index (Phi) is 4.71. The molecule has 1 aliphatic rings. The Hall–Kier alpha value is -1.36. The number of aryl methyl sites for hydroxylation is 1. The van der Waals surface area contributed by atoms with E-state index in [1.165, 1.54) is 4.88 Å². The summed E-state index contributed by atoms with van der Waals surface area (Å²) >= 11 is 1.68. The van der Waals surface area contributed by atoms with Gasteiger partial charge in [-0.1, -0.05) is 20.3 Å². The summed E-state index contributed by atoms with van der Waals surface area (Å²) in [7, 11) is 0. The Morgan fingerprint density at radius 2 is 2.00 bits per heavy atom. The Bertz CT molecular complexity index is 540. The highest BCUT2D eigenvalue weighted by Gasteiger charge is 2.42. The monoisotopic (exact) mass is 308 g/mol. The summed E-state index contributed by atoms with van der Waals surface area (Å²) < 4.78 is 0. The first-order valence-electron chi connectivity index (χ1n) is 7.55. The lowest BCUT2D eigenvalue weighted by molar-refractivity contribution is -0.152. The van der Waals surface area contributed by atoms with Crippen LogP contribution in [0.15, 0.2) is 12.1 Å². The summed E-state index contributed by atoms with van der Waals surface area (Å²) in [6.07, 6.45) is 0.866. The molecular weight excluding hydrogens is 284 g/mol. The van der Waals surface area contributed by atoms with Crippen LogP contribution in [0.5, 0.6) is 0 Å². The molecule has 0 spiro atoms. The zero-order valence-electron chi connectivity index (χ0n) is 13.3. The van der Waals surface area contributed by atoms with Crippen LogP contribution in [0.4, 0.5) is 0 Å². The zero-order valence-corrected chi connectivity index (χ0v) is 14.2. The predicted octanol–water partition coefficient (Wildman–Crippen LogP) is 2.88. The minimum absolute atomic E-state index is 0.0370. The number of carbonyl (C=O) groups is 2. The number of carbonyl (C=O) groups excluding carboxylic acids is 2. The van der Waals surface area contributed by atoms with Crippen molar-refractivity contribution in [3.63, 3.8) is 0 Å². The van der Waals surface area contributed by atoms with E-state index < -0.39 is 12.1 Å². The van der Waals surface area contributed by atoms with Crippen molar-refractivity contribution in [1.29, 1.82) is 0 Å². The normalized spacial score (nSPS) is 25.7. The molecule has 4 unspecified atom stereocenters. The van der Waals surface area contributed by atoms with Crippen molar-refractivity contribution in [2.24, 2.45) is 5.92 Å². The minimum atomic E-state index is -0.421. The molecule has 0 saturated carbocycles. The van der Waals surface area contributed by atoms with E-state index in [1.54, 1.807) is 23.2 Å². The van der Waals surface area contributed by atoms with Gasteiger partial charge >= 0.3 is 0 Å². The molecule has 116 valence electrons. The molecule has 1 aliphatic heterocycles. The van der Waals surface area contributed by atoms with Crippen molar-refractivity contribution < 1.29 is 9.59 Å². The van der Waals surface area contributed by atoms with E-state index in [1.807, 2.05) is 20.8 Å². The number of hydrogen-bond donors (Lipinski definition) is 1. The van der Waals surface area contributed by atoms with E-state index >= 15 is 0 Å². The third kappa shape index (κ3) is 2.98. The Labute approximate surface area is 130 Å². The highest BCUT2D eigenvalue weighted by molar-refractivity contribution is 7.12. The summed E-state index contributed by atoms with van der Waals surface area (Å²) in [6, 6.07) is 3.22. The summed E-state index contributed by atoms with van der Waals surface area (Å²) in [4.78, 5) is 29.1. The SMILES string of the molecule is CCC(C)C1NC(=O)C(C)N(C(C)c2ccc(C)s2)C1=O. The molecule has 0 aliphatic carbocycles. The predicted molar refractivity (Wildman–Crippen MR) is 85.2 cm³/mol. The van der Waals surface area contributed by atoms with Crippen molar-refractivity contribution in [3.8, 4) is 0 Å². The molecule has 0 bridgehead atoms. The van der Waals surface area contributed by atoms with Gasteiger partial charge in [-0.3, -0.25) is 9.59 Å². The molecule has 0 aromatic carbocycles. The number of thiophene rings is 1. The van der Waals surface area contributed by atoms with Gasteiger partial charge in [-0.15, -0.1) is 11.3 Å². The van der Waals surface area contributed by atoms with Crippen LogP contribution >= 0.6 is 11.3 Å². The fourth-order valence-electron chi connectivity index (χ4n) is 2.78. The van der Waals surface area contributed by atoms with Gasteiger partial charge in [0.05, 0.1) is 6.04 Å². The van der Waals surface area contributed by atoms with Crippen LogP contribution in [0.1, 0.15) is 49.9 Å². The second-order valence-electron chi connectivity index (χ2n) is 5.92. The maximum Gasteiger partial charge on any atom is 0.246 e. The molecule has 1 N–H and O–H groups in total. The van der Waals surface area contributed by atoms with Crippen molar-refractivity contribution in [2.45, 2.75) is 59.2 Å². The first-order chi connectivity index (χ1) is 9.86. The topological polar surface area (TPSA) is 49.4 Å². The van der Waals surface area contributed by atoms with Crippen LogP contribution in [0.2, 0.25) is 0 Å². The molecule has 2 amide bonds. The molecule has 1 aromatic heterocycles. The molecule has 0 radical (unpaired) electrons. The maximum absolute atomic E-state index is 12.8. The van der Waals surface area contributed by atoms with E-state index in [4.69, 9.17) is 0 Å². The minimum Gasteiger partial charge on any atom is -0.342 e. The summed E-state index contributed by atoms with van der Waals surface area (Å²) in [5, 5.41) is 2.88. The van der Waals surface area contributed by atoms with Gasteiger partial charge in [-0.2, -0.15) is 0 Å². The maximum atomic E-state index is 12.8. The molecule has 21 heavy (non-hydrogen) atoms. The van der Waals surface area contributed by atoms with Crippen LogP contribution in [-0.2, 0) is 9.59 Å². The molecule has 1 fully saturated rings. The molecule has 4 nitrogen and oxygen atoms in total. The second-order valence-corrected chi connectivity index (χ2v) is 7.24. The van der Waals surface area contributed by atoms with Crippen LogP contribution < -0.4 is 5.32 Å². The van der Waals surface area contributed by atoms with Gasteiger partial charge in [0.15, 0.2) is 0 Å². The van der Waals surface area contributed by atoms with Gasteiger partial charge in [-0.25, -0.2) is 0 Å². The van der Waals surface area contributed by atoms with Crippen molar-refractivity contribution in [2.75, 3.05) is 0 Å². The summed E-state index contributed by atoms with van der Waals surface area (Å²) in [6.45, 7) is 9.91. The van der Waals surface area contributed by atoms with Crippen LogP contribution in [0.3, 0.4) is 0 Å². The average Bonchev–Trinajstić information content (AvgIpc) is 2.88. The summed E-state index contributed by atoms with van der Waals surface area (Å²) in [5.74, 6) is 0.128. The van der Waals surface area contributed by atoms with Gasteiger partial charge in [0.2, 0.25) is 11.8 Å². The number of nitrogens with zero attached hydrogens (tertiary/aromatic N) is 1. The lowest BCUT2D eigenvalue weighted by Gasteiger charge is -2.42. The van der Waals surface area contributed by atoms with Crippen molar-refractivity contribution in [3.05, 3.63) is 21.9 Å². The molecule has 4 atom stereocenters. The van der Waals surface area contributed by atoms with E-state index in [9.17, 15) is 9.59 Å². The number of rotatable bonds is 4. The molecule has 5 heteroatoms. The second kappa shape index (κ2) is 6.18. The van der Waals surface area contributed by atoms with E-state index in [-0.39, 0.29) is 23.8 Å². The molecule has 2 heterocycles. The fraction of sp³-hybridized carbons (Fsp3) is 0.625. The first-order valence-corrected chi connectivity index (χ1v) is 8.37. The lowest BCUT2D eigenvalue weighted by Crippen LogP contribution is -2.64. The third-order valence-corrected chi connectivity index (χ3v) is 5.59. The smallest absolute Gasteiger partial charge is 0.246 e. The third-order valence-electron chi connectivity index (χ3n) is 4.42. The Morgan fingerprint density at radius 3 is 2.52 bits per heavy atom. The van der Waals surface area contributed by atoms with E-state index in [0.717, 1.165) is 11.3 Å². The van der Waals surface area contributed by atoms with E-state index in [2.05, 4.69) is 24.4 Å². The van der Waals surface area contributed by atoms with Gasteiger partial charge < -0.3 is 10.2 Å². The largest absolute Gasteiger partial charge is 0.342 e. The van der Waals surface area contributed by atoms with E-state index in [0.29, 0.717) is 0 Å². The molecule has 1 saturated heterocycles. The van der Waals surface area contributed by atoms with Gasteiger partial charge in [0.25, 0.3) is 0 Å². The van der Waals surface area contributed by atoms with Gasteiger partial charge in [0.1, 0.15) is 12.1 Å². The standard InChI is InChI=1S/C16H24N2O2S/c1-6-9(2)14-16(20)18(12(5)15(19)17-14)11(4)13-8-7-10(3)21-13/h7-9,11-12,14H,6H2,1-5H3,(H,17,19). The molecular formula is C16H24N2O2S. The number of hydrogen-bond acceptors (Lipinski definition) is 3. The quantitative estimate of drug-likeness (QED) is 0.930. The Morgan fingerprint density at radius 1 is 1.33 bits per heavy atom. The first kappa shape index (κ1) is 16.0. The van der Waals surface area contributed by atoms with Crippen LogP contribution in [-0.4, -0.2) is 28.8 Å². The molecule has 2 rings (SSSR count). The van der Waals surface area contributed by atoms with Crippen molar-refractivity contribution in [1.82, 2.24) is 10.2 Å². The zero-order chi connectivity index (χ0) is 15.7. The number of nitrogens with one attached hydrogen (secondary N) is 1. The number of amides is 2. The lowest BCUT2D eigenvalue weighted by atomic mass is 9.93. The average molecular weight is 308 g/mol. The van der Waals surface area contributed by atoms with Gasteiger partial charge in [-0.05, 0) is 38.8 Å². The van der Waals surface area contributed by atoms with Crippen LogP contribution in [0, 0.1) is 12.8 Å². The van der Waals surface area contributed by atoms with Gasteiger partial charge in [0, 0.05) is 9.75 Å². The number of piperazine rings is 1. The molecule has 1 aromatic rings. The van der Waals surface area contributed by atoms with Crippen molar-refractivity contribution >= 4 is 23.2 Å². The van der Waals surface area contributed by atoms with Crippen LogP contribution in [0.25, 0.3) is 0 Å². The highest BCUT2D eigenvalue weighted by Crippen LogP contribution is 2.31. The Balaban J connectivity index is 2.30. The highest BCUT2D eigenvalue weighted by atomic mass is 32.1.